The molecule has 0 saturated heterocycles. The highest BCUT2D eigenvalue weighted by Crippen LogP contribution is 2.42. The third kappa shape index (κ3) is 2.84. The maximum absolute atomic E-state index is 11.7. The lowest BCUT2D eigenvalue weighted by molar-refractivity contribution is 0.602. The second-order valence-electron chi connectivity index (χ2n) is 5.39. The highest BCUT2D eigenvalue weighted by molar-refractivity contribution is 14.2. The number of benzene rings is 2. The molecule has 4 rings (SSSR count). The zero-order chi connectivity index (χ0) is 16.7. The van der Waals surface area contributed by atoms with Gasteiger partial charge in [0.05, 0.1) is 20.4 Å². The summed E-state index contributed by atoms with van der Waals surface area (Å²) in [5.41, 5.74) is 4.00. The first-order valence-corrected chi connectivity index (χ1v) is 13.7. The van der Waals surface area contributed by atoms with Gasteiger partial charge in [0.25, 0.3) is 0 Å². The van der Waals surface area contributed by atoms with Crippen LogP contribution in [0.4, 0.5) is 0 Å². The summed E-state index contributed by atoms with van der Waals surface area (Å²) in [5.74, 6) is 0. The molecule has 1 aliphatic rings. The Kier molecular flexibility index (Phi) is 4.09. The smallest absolute Gasteiger partial charge is 0.183 e. The fraction of sp³-hybridized carbons (Fsp3) is 0.0588. The third-order valence-electron chi connectivity index (χ3n) is 3.73. The minimum absolute atomic E-state index is 0.0498. The molecule has 0 amide bonds. The Balaban J connectivity index is 1.89. The van der Waals surface area contributed by atoms with E-state index in [9.17, 15) is 8.42 Å². The monoisotopic (exact) mass is 468 g/mol. The van der Waals surface area contributed by atoms with Crippen molar-refractivity contribution in [3.63, 3.8) is 0 Å². The van der Waals surface area contributed by atoms with Crippen LogP contribution in [0.15, 0.2) is 64.6 Å². The van der Waals surface area contributed by atoms with E-state index in [1.807, 2.05) is 39.3 Å². The maximum atomic E-state index is 11.7. The minimum Gasteiger partial charge on any atom is -0.287 e. The van der Waals surface area contributed by atoms with E-state index in [2.05, 4.69) is 20.8 Å². The Morgan fingerprint density at radius 3 is 2.38 bits per heavy atom. The quantitative estimate of drug-likeness (QED) is 0.541. The molecule has 2 aromatic carbocycles. The van der Waals surface area contributed by atoms with Gasteiger partial charge in [0.15, 0.2) is 15.0 Å². The van der Waals surface area contributed by atoms with Gasteiger partial charge in [-0.2, -0.15) is 0 Å². The molecular weight excluding hydrogens is 455 g/mol. The summed E-state index contributed by atoms with van der Waals surface area (Å²) in [5, 5.41) is 1.02. The molecule has 0 aliphatic carbocycles. The minimum atomic E-state index is -3.19. The van der Waals surface area contributed by atoms with E-state index in [4.69, 9.17) is 4.98 Å². The van der Waals surface area contributed by atoms with Crippen molar-refractivity contribution in [1.82, 2.24) is 9.55 Å². The van der Waals surface area contributed by atoms with Crippen LogP contribution in [0.25, 0.3) is 22.5 Å². The second kappa shape index (κ2) is 6.12. The first-order valence-electron chi connectivity index (χ1n) is 7.16. The van der Waals surface area contributed by atoms with E-state index >= 15 is 0 Å². The molecule has 0 N–H and O–H groups in total. The molecule has 122 valence electrons. The number of halogens is 1. The molecule has 4 nitrogen and oxygen atoms in total. The zero-order valence-electron chi connectivity index (χ0n) is 12.7. The number of rotatable bonds is 3. The van der Waals surface area contributed by atoms with Crippen LogP contribution in [-0.2, 0) is 9.84 Å². The number of hydrogen-bond donors (Lipinski definition) is 0. The first-order chi connectivity index (χ1) is 11.5. The predicted octanol–water partition coefficient (Wildman–Crippen LogP) is 4.22. The number of imidazole rings is 1. The van der Waals surface area contributed by atoms with Gasteiger partial charge < -0.3 is 0 Å². The molecular formula is C17H13IN2O2S2. The van der Waals surface area contributed by atoms with Gasteiger partial charge in [0, 0.05) is 17.4 Å². The van der Waals surface area contributed by atoms with Crippen molar-refractivity contribution >= 4 is 42.3 Å². The number of aromatic nitrogens is 2. The maximum Gasteiger partial charge on any atom is 0.183 e. The number of sulfone groups is 1. The Labute approximate surface area is 153 Å². The molecule has 0 spiro atoms. The molecule has 0 bridgehead atoms. The lowest BCUT2D eigenvalue weighted by Gasteiger charge is -2.07. The summed E-state index contributed by atoms with van der Waals surface area (Å²) in [6, 6.07) is 17.1. The average molecular weight is 468 g/mol. The number of fused-ring (bicyclic) bond motifs is 1. The van der Waals surface area contributed by atoms with E-state index in [1.54, 1.807) is 12.1 Å². The summed E-state index contributed by atoms with van der Waals surface area (Å²) in [6.07, 6.45) is 1.22. The van der Waals surface area contributed by atoms with E-state index in [1.165, 1.54) is 6.26 Å². The summed E-state index contributed by atoms with van der Waals surface area (Å²) in [7, 11) is -1.38. The van der Waals surface area contributed by atoms with E-state index in [0.717, 1.165) is 27.7 Å². The van der Waals surface area contributed by atoms with Crippen LogP contribution in [0.3, 0.4) is 0 Å². The lowest BCUT2D eigenvalue weighted by Crippen LogP contribution is -1.97. The number of hydrogen-bond acceptors (Lipinski definition) is 4. The van der Waals surface area contributed by atoms with Crippen molar-refractivity contribution in [1.29, 1.82) is 0 Å². The van der Waals surface area contributed by atoms with Crippen molar-refractivity contribution in [3.8, 4) is 22.5 Å². The molecule has 0 radical (unpaired) electrons. The summed E-state index contributed by atoms with van der Waals surface area (Å²) in [6.45, 7) is 0. The Bertz CT molecular complexity index is 1040. The molecule has 0 saturated carbocycles. The highest BCUT2D eigenvalue weighted by atomic mass is 127. The van der Waals surface area contributed by atoms with Crippen LogP contribution in [-0.4, -0.2) is 28.4 Å². The SMILES string of the molecule is CS(=O)(=O)c1ccc(-c2nc3n(c2-c2ccccc2)C=IS3)cc1. The topological polar surface area (TPSA) is 52.0 Å². The Morgan fingerprint density at radius 1 is 1.00 bits per heavy atom. The highest BCUT2D eigenvalue weighted by Gasteiger charge is 2.21. The summed E-state index contributed by atoms with van der Waals surface area (Å²) in [4.78, 5) is 5.13. The molecule has 2 heterocycles. The van der Waals surface area contributed by atoms with Gasteiger partial charge in [0.1, 0.15) is 0 Å². The van der Waals surface area contributed by atoms with Crippen molar-refractivity contribution in [2.24, 2.45) is 0 Å². The van der Waals surface area contributed by atoms with Gasteiger partial charge in [0.2, 0.25) is 0 Å². The largest absolute Gasteiger partial charge is 0.287 e. The molecule has 24 heavy (non-hydrogen) atoms. The molecule has 7 heteroatoms. The number of nitrogens with zero attached hydrogens (tertiary/aromatic N) is 2. The van der Waals surface area contributed by atoms with Crippen molar-refractivity contribution in [2.75, 3.05) is 6.26 Å². The van der Waals surface area contributed by atoms with Gasteiger partial charge in [-0.3, -0.25) is 4.57 Å². The van der Waals surface area contributed by atoms with E-state index in [0.29, 0.717) is 4.90 Å². The standard InChI is InChI=1S/C17H13IN2O2S2/c1-24(21,22)14-9-7-12(8-10-14)15-16(13-5-3-2-4-6-13)20-11-18-23-17(20)19-15/h2-11H,1H3. The molecule has 0 fully saturated rings. The van der Waals surface area contributed by atoms with Crippen LogP contribution in [0.1, 0.15) is 0 Å². The Morgan fingerprint density at radius 2 is 1.71 bits per heavy atom. The van der Waals surface area contributed by atoms with Crippen LogP contribution >= 0.6 is 28.3 Å². The van der Waals surface area contributed by atoms with Crippen LogP contribution in [0, 0.1) is 0 Å². The Hall–Kier alpha value is -1.45. The van der Waals surface area contributed by atoms with Gasteiger partial charge in [-0.15, -0.1) is 0 Å². The van der Waals surface area contributed by atoms with Gasteiger partial charge >= 0.3 is 0 Å². The molecule has 1 aliphatic heterocycles. The zero-order valence-corrected chi connectivity index (χ0v) is 16.5. The van der Waals surface area contributed by atoms with Crippen molar-refractivity contribution < 1.29 is 8.42 Å². The van der Waals surface area contributed by atoms with E-state index < -0.39 is 9.84 Å². The van der Waals surface area contributed by atoms with Gasteiger partial charge in [-0.05, 0) is 40.4 Å². The molecule has 1 aromatic heterocycles. The average Bonchev–Trinajstić information content (AvgIpc) is 3.15. The third-order valence-corrected chi connectivity index (χ3v) is 8.64. The van der Waals surface area contributed by atoms with Crippen molar-refractivity contribution in [2.45, 2.75) is 10.1 Å². The summed E-state index contributed by atoms with van der Waals surface area (Å²) < 4.78 is 27.7. The normalized spacial score (nSPS) is 13.5. The van der Waals surface area contributed by atoms with Crippen LogP contribution in [0.2, 0.25) is 0 Å². The summed E-state index contributed by atoms with van der Waals surface area (Å²) >= 11 is -0.0498. The lowest BCUT2D eigenvalue weighted by atomic mass is 10.0. The fourth-order valence-electron chi connectivity index (χ4n) is 2.59. The second-order valence-corrected chi connectivity index (χ2v) is 11.5. The van der Waals surface area contributed by atoms with Gasteiger partial charge in [-0.1, -0.05) is 42.5 Å². The van der Waals surface area contributed by atoms with Crippen LogP contribution in [0.5, 0.6) is 0 Å². The molecule has 3 aromatic rings. The molecule has 0 unspecified atom stereocenters. The molecule has 0 atom stereocenters. The van der Waals surface area contributed by atoms with Crippen LogP contribution < -0.4 is 0 Å². The first kappa shape index (κ1) is 16.0. The van der Waals surface area contributed by atoms with Gasteiger partial charge in [-0.25, -0.2) is 13.4 Å². The predicted molar refractivity (Wildman–Crippen MR) is 108 cm³/mol. The fourth-order valence-corrected chi connectivity index (χ4v) is 7.13. The van der Waals surface area contributed by atoms with E-state index in [-0.39, 0.29) is 19.3 Å². The van der Waals surface area contributed by atoms with Crippen molar-refractivity contribution in [3.05, 3.63) is 54.6 Å².